The van der Waals surface area contributed by atoms with Crippen molar-refractivity contribution in [3.63, 3.8) is 0 Å². The summed E-state index contributed by atoms with van der Waals surface area (Å²) in [6, 6.07) is 1.99. The number of rotatable bonds is 5. The maximum atomic E-state index is 12.2. The van der Waals surface area contributed by atoms with Gasteiger partial charge < -0.3 is 5.32 Å². The van der Waals surface area contributed by atoms with Gasteiger partial charge in [0.05, 0.1) is 5.02 Å². The Labute approximate surface area is 143 Å². The van der Waals surface area contributed by atoms with Gasteiger partial charge in [-0.25, -0.2) is 0 Å². The van der Waals surface area contributed by atoms with Gasteiger partial charge in [0, 0.05) is 37.9 Å². The molecule has 5 heteroatoms. The first kappa shape index (κ1) is 16.7. The van der Waals surface area contributed by atoms with Gasteiger partial charge in [-0.15, -0.1) is 0 Å². The second-order valence-electron chi connectivity index (χ2n) is 6.94. The molecule has 23 heavy (non-hydrogen) atoms. The zero-order chi connectivity index (χ0) is 16.1. The molecule has 0 radical (unpaired) electrons. The van der Waals surface area contributed by atoms with E-state index in [-0.39, 0.29) is 11.8 Å². The lowest BCUT2D eigenvalue weighted by Crippen LogP contribution is -2.36. The van der Waals surface area contributed by atoms with Crippen LogP contribution in [0.3, 0.4) is 0 Å². The fraction of sp³-hybridized carbons (Fsp3) is 0.667. The minimum Gasteiger partial charge on any atom is -0.356 e. The molecule has 1 aliphatic carbocycles. The lowest BCUT2D eigenvalue weighted by atomic mass is 9.88. The molecule has 3 rings (SSSR count). The van der Waals surface area contributed by atoms with Crippen LogP contribution >= 0.6 is 11.6 Å². The van der Waals surface area contributed by atoms with Crippen LogP contribution in [0.5, 0.6) is 0 Å². The first-order chi connectivity index (χ1) is 11.2. The molecule has 0 unspecified atom stereocenters. The molecule has 4 nitrogen and oxygen atoms in total. The molecule has 0 bridgehead atoms. The van der Waals surface area contributed by atoms with Crippen LogP contribution in [0, 0.1) is 11.8 Å². The van der Waals surface area contributed by atoms with Gasteiger partial charge in [0.25, 0.3) is 0 Å². The minimum absolute atomic E-state index is 0.261. The largest absolute Gasteiger partial charge is 0.356 e. The molecule has 0 spiro atoms. The number of hydrogen-bond acceptors (Lipinski definition) is 3. The Kier molecular flexibility index (Phi) is 5.90. The highest BCUT2D eigenvalue weighted by molar-refractivity contribution is 6.31. The predicted octanol–water partition coefficient (Wildman–Crippen LogP) is 3.25. The molecule has 1 amide bonds. The van der Waals surface area contributed by atoms with Gasteiger partial charge in [-0.05, 0) is 43.4 Å². The summed E-state index contributed by atoms with van der Waals surface area (Å²) in [6.45, 7) is 3.79. The van der Waals surface area contributed by atoms with Gasteiger partial charge >= 0.3 is 0 Å². The third-order valence-corrected chi connectivity index (χ3v) is 5.50. The summed E-state index contributed by atoms with van der Waals surface area (Å²) in [5.41, 5.74) is 1.13. The summed E-state index contributed by atoms with van der Waals surface area (Å²) < 4.78 is 0. The SMILES string of the molecule is O=C(NC[C@@H]1CCN(Cc2ccncc2Cl)C1)C1CCCCC1. The van der Waals surface area contributed by atoms with E-state index in [2.05, 4.69) is 15.2 Å². The quantitative estimate of drug-likeness (QED) is 0.898. The van der Waals surface area contributed by atoms with Crippen LogP contribution in [0.1, 0.15) is 44.1 Å². The molecule has 1 atom stereocenters. The number of hydrogen-bond donors (Lipinski definition) is 1. The topological polar surface area (TPSA) is 45.2 Å². The summed E-state index contributed by atoms with van der Waals surface area (Å²) in [6.07, 6.45) is 10.5. The molecule has 126 valence electrons. The van der Waals surface area contributed by atoms with Crippen molar-refractivity contribution in [2.45, 2.75) is 45.1 Å². The van der Waals surface area contributed by atoms with Crippen molar-refractivity contribution < 1.29 is 4.79 Å². The Balaban J connectivity index is 1.41. The molecule has 2 fully saturated rings. The van der Waals surface area contributed by atoms with Crippen molar-refractivity contribution in [3.05, 3.63) is 29.0 Å². The Morgan fingerprint density at radius 3 is 2.91 bits per heavy atom. The molecule has 0 aromatic carbocycles. The van der Waals surface area contributed by atoms with Crippen LogP contribution in [0.4, 0.5) is 0 Å². The van der Waals surface area contributed by atoms with Crippen molar-refractivity contribution in [1.82, 2.24) is 15.2 Å². The molecule has 1 aliphatic heterocycles. The highest BCUT2D eigenvalue weighted by atomic mass is 35.5. The van der Waals surface area contributed by atoms with E-state index >= 15 is 0 Å². The Morgan fingerprint density at radius 2 is 2.13 bits per heavy atom. The van der Waals surface area contributed by atoms with Crippen molar-refractivity contribution in [2.24, 2.45) is 11.8 Å². The van der Waals surface area contributed by atoms with Crippen molar-refractivity contribution in [3.8, 4) is 0 Å². The Hall–Kier alpha value is -1.13. The van der Waals surface area contributed by atoms with Crippen molar-refractivity contribution >= 4 is 17.5 Å². The van der Waals surface area contributed by atoms with Crippen LogP contribution in [0.25, 0.3) is 0 Å². The normalized spacial score (nSPS) is 23.1. The lowest BCUT2D eigenvalue weighted by molar-refractivity contribution is -0.126. The van der Waals surface area contributed by atoms with Crippen LogP contribution in [-0.4, -0.2) is 35.4 Å². The van der Waals surface area contributed by atoms with Crippen LogP contribution in [0.15, 0.2) is 18.5 Å². The van der Waals surface area contributed by atoms with E-state index in [9.17, 15) is 4.79 Å². The highest BCUT2D eigenvalue weighted by Gasteiger charge is 2.25. The van der Waals surface area contributed by atoms with Gasteiger partial charge in [-0.3, -0.25) is 14.7 Å². The number of amides is 1. The van der Waals surface area contributed by atoms with E-state index in [0.29, 0.717) is 5.92 Å². The average molecular weight is 336 g/mol. The van der Waals surface area contributed by atoms with Crippen molar-refractivity contribution in [2.75, 3.05) is 19.6 Å². The van der Waals surface area contributed by atoms with Gasteiger partial charge in [0.1, 0.15) is 0 Å². The zero-order valence-corrected chi connectivity index (χ0v) is 14.4. The summed E-state index contributed by atoms with van der Waals surface area (Å²) in [5, 5.41) is 3.93. The van der Waals surface area contributed by atoms with E-state index in [1.807, 2.05) is 6.07 Å². The second kappa shape index (κ2) is 8.11. The summed E-state index contributed by atoms with van der Waals surface area (Å²) in [7, 11) is 0. The minimum atomic E-state index is 0.261. The molecule has 1 aromatic heterocycles. The van der Waals surface area contributed by atoms with E-state index in [4.69, 9.17) is 11.6 Å². The Morgan fingerprint density at radius 1 is 1.30 bits per heavy atom. The third kappa shape index (κ3) is 4.67. The van der Waals surface area contributed by atoms with E-state index in [1.165, 1.54) is 19.3 Å². The fourth-order valence-corrected chi connectivity index (χ4v) is 3.93. The first-order valence-electron chi connectivity index (χ1n) is 8.81. The molecular weight excluding hydrogens is 310 g/mol. The summed E-state index contributed by atoms with van der Waals surface area (Å²) in [4.78, 5) is 18.7. The maximum absolute atomic E-state index is 12.2. The summed E-state index contributed by atoms with van der Waals surface area (Å²) in [5.74, 6) is 1.10. The zero-order valence-electron chi connectivity index (χ0n) is 13.6. The average Bonchev–Trinajstić information content (AvgIpc) is 3.03. The van der Waals surface area contributed by atoms with Gasteiger partial charge in [-0.2, -0.15) is 0 Å². The van der Waals surface area contributed by atoms with E-state index < -0.39 is 0 Å². The molecule has 1 saturated carbocycles. The number of nitrogens with one attached hydrogen (secondary N) is 1. The Bertz CT molecular complexity index is 531. The van der Waals surface area contributed by atoms with Crippen molar-refractivity contribution in [1.29, 1.82) is 0 Å². The smallest absolute Gasteiger partial charge is 0.223 e. The molecule has 1 aromatic rings. The number of likely N-dealkylation sites (tertiary alicyclic amines) is 1. The van der Waals surface area contributed by atoms with Gasteiger partial charge in [0.15, 0.2) is 0 Å². The number of pyridine rings is 1. The lowest BCUT2D eigenvalue weighted by Gasteiger charge is -2.22. The second-order valence-corrected chi connectivity index (χ2v) is 7.34. The molecule has 2 heterocycles. The van der Waals surface area contributed by atoms with Gasteiger partial charge in [-0.1, -0.05) is 30.9 Å². The number of nitrogens with zero attached hydrogens (tertiary/aromatic N) is 2. The predicted molar refractivity (Wildman–Crippen MR) is 92.2 cm³/mol. The fourth-order valence-electron chi connectivity index (χ4n) is 3.75. The standard InChI is InChI=1S/C18H26ClN3O/c19-17-11-20-8-6-16(17)13-22-9-7-14(12-22)10-21-18(23)15-4-2-1-3-5-15/h6,8,11,14-15H,1-5,7,9-10,12-13H2,(H,21,23)/t14-/m0/s1. The molecular formula is C18H26ClN3O. The number of aromatic nitrogens is 1. The molecule has 1 saturated heterocycles. The highest BCUT2D eigenvalue weighted by Crippen LogP contribution is 2.24. The van der Waals surface area contributed by atoms with E-state index in [0.717, 1.165) is 56.0 Å². The monoisotopic (exact) mass is 335 g/mol. The van der Waals surface area contributed by atoms with Gasteiger partial charge in [0.2, 0.25) is 5.91 Å². The van der Waals surface area contributed by atoms with Crippen LogP contribution in [0.2, 0.25) is 5.02 Å². The maximum Gasteiger partial charge on any atom is 0.223 e. The van der Waals surface area contributed by atoms with Crippen LogP contribution in [-0.2, 0) is 11.3 Å². The number of carbonyl (C=O) groups is 1. The third-order valence-electron chi connectivity index (χ3n) is 5.16. The molecule has 2 aliphatic rings. The number of halogens is 1. The number of carbonyl (C=O) groups excluding carboxylic acids is 1. The van der Waals surface area contributed by atoms with E-state index in [1.54, 1.807) is 12.4 Å². The van der Waals surface area contributed by atoms with Crippen LogP contribution < -0.4 is 5.32 Å². The summed E-state index contributed by atoms with van der Waals surface area (Å²) >= 11 is 6.18. The molecule has 1 N–H and O–H groups in total. The first-order valence-corrected chi connectivity index (χ1v) is 9.18.